The van der Waals surface area contributed by atoms with Crippen molar-refractivity contribution < 1.29 is 9.18 Å². The Morgan fingerprint density at radius 3 is 2.56 bits per heavy atom. The van der Waals surface area contributed by atoms with Crippen LogP contribution in [0, 0.1) is 5.82 Å². The fourth-order valence-corrected chi connectivity index (χ4v) is 1.58. The van der Waals surface area contributed by atoms with E-state index in [0.29, 0.717) is 0 Å². The van der Waals surface area contributed by atoms with Crippen molar-refractivity contribution in [3.63, 3.8) is 0 Å². The molecule has 1 amide bonds. The van der Waals surface area contributed by atoms with E-state index in [1.807, 2.05) is 0 Å². The number of carbonyl (C=O) groups is 1. The molecule has 0 unspecified atom stereocenters. The quantitative estimate of drug-likeness (QED) is 0.922. The highest BCUT2D eigenvalue weighted by molar-refractivity contribution is 6.31. The van der Waals surface area contributed by atoms with Crippen LogP contribution in [0.1, 0.15) is 10.5 Å². The van der Waals surface area contributed by atoms with Gasteiger partial charge in [-0.3, -0.25) is 4.79 Å². The lowest BCUT2D eigenvalue weighted by Gasteiger charge is -2.04. The highest BCUT2D eigenvalue weighted by Gasteiger charge is 2.09. The monoisotopic (exact) mass is 285 g/mol. The van der Waals surface area contributed by atoms with E-state index in [-0.39, 0.29) is 21.6 Å². The van der Waals surface area contributed by atoms with E-state index in [0.717, 1.165) is 12.1 Å². The third kappa shape index (κ3) is 3.15. The van der Waals surface area contributed by atoms with Gasteiger partial charge in [0.15, 0.2) is 10.8 Å². The number of halogens is 3. The zero-order chi connectivity index (χ0) is 13.1. The van der Waals surface area contributed by atoms with Gasteiger partial charge in [-0.05, 0) is 30.3 Å². The highest BCUT2D eigenvalue weighted by Crippen LogP contribution is 2.18. The summed E-state index contributed by atoms with van der Waals surface area (Å²) in [6, 6.07) is 6.55. The van der Waals surface area contributed by atoms with Gasteiger partial charge in [-0.2, -0.15) is 0 Å². The number of anilines is 1. The molecule has 2 aromatic rings. The van der Waals surface area contributed by atoms with E-state index in [9.17, 15) is 9.18 Å². The summed E-state index contributed by atoms with van der Waals surface area (Å²) in [5, 5.41) is 9.95. The Kier molecular flexibility index (Phi) is 3.74. The van der Waals surface area contributed by atoms with Crippen molar-refractivity contribution in [3.05, 3.63) is 52.0 Å². The molecule has 0 aliphatic rings. The van der Waals surface area contributed by atoms with Crippen molar-refractivity contribution in [2.24, 2.45) is 0 Å². The molecule has 1 aromatic heterocycles. The first-order valence-electron chi connectivity index (χ1n) is 4.81. The summed E-state index contributed by atoms with van der Waals surface area (Å²) >= 11 is 11.2. The number of nitrogens with zero attached hydrogens (tertiary/aromatic N) is 2. The summed E-state index contributed by atoms with van der Waals surface area (Å²) < 4.78 is 13.1. The molecule has 7 heteroatoms. The molecule has 4 nitrogen and oxygen atoms in total. The first-order chi connectivity index (χ1) is 8.54. The molecule has 92 valence electrons. The molecule has 0 bridgehead atoms. The number of carbonyl (C=O) groups excluding carboxylic acids is 1. The maximum Gasteiger partial charge on any atom is 0.276 e. The van der Waals surface area contributed by atoms with E-state index < -0.39 is 11.7 Å². The van der Waals surface area contributed by atoms with Crippen LogP contribution in [0.5, 0.6) is 0 Å². The lowest BCUT2D eigenvalue weighted by molar-refractivity contribution is 0.102. The van der Waals surface area contributed by atoms with Gasteiger partial charge in [0.05, 0.1) is 0 Å². The normalized spacial score (nSPS) is 10.2. The van der Waals surface area contributed by atoms with Crippen LogP contribution in [0.3, 0.4) is 0 Å². The zero-order valence-corrected chi connectivity index (χ0v) is 10.3. The number of rotatable bonds is 2. The molecule has 0 spiro atoms. The Bertz CT molecular complexity index is 569. The van der Waals surface area contributed by atoms with Crippen LogP contribution in [0.25, 0.3) is 0 Å². The van der Waals surface area contributed by atoms with Gasteiger partial charge in [0.25, 0.3) is 5.91 Å². The first kappa shape index (κ1) is 12.7. The van der Waals surface area contributed by atoms with Crippen molar-refractivity contribution in [2.45, 2.75) is 0 Å². The van der Waals surface area contributed by atoms with Crippen LogP contribution in [0.2, 0.25) is 10.2 Å². The largest absolute Gasteiger partial charge is 0.320 e. The molecule has 18 heavy (non-hydrogen) atoms. The van der Waals surface area contributed by atoms with Crippen LogP contribution in [0.15, 0.2) is 30.3 Å². The molecule has 1 heterocycles. The molecule has 0 atom stereocenters. The Balaban J connectivity index is 2.18. The molecule has 0 saturated heterocycles. The molecule has 2 rings (SSSR count). The molecule has 0 radical (unpaired) electrons. The Hall–Kier alpha value is -1.72. The van der Waals surface area contributed by atoms with Crippen LogP contribution >= 0.6 is 23.2 Å². The molecule has 1 aromatic carbocycles. The van der Waals surface area contributed by atoms with Gasteiger partial charge in [0.2, 0.25) is 0 Å². The summed E-state index contributed by atoms with van der Waals surface area (Å²) in [6.07, 6.45) is 0. The topological polar surface area (TPSA) is 54.9 Å². The predicted molar refractivity (Wildman–Crippen MR) is 66.4 cm³/mol. The van der Waals surface area contributed by atoms with Crippen molar-refractivity contribution in [3.8, 4) is 0 Å². The number of benzene rings is 1. The molecule has 0 aliphatic carbocycles. The second-order valence-corrected chi connectivity index (χ2v) is 4.18. The predicted octanol–water partition coefficient (Wildman–Crippen LogP) is 3.17. The maximum atomic E-state index is 13.1. The Labute approximate surface area is 112 Å². The summed E-state index contributed by atoms with van der Waals surface area (Å²) in [5.74, 6) is -1.07. The summed E-state index contributed by atoms with van der Waals surface area (Å²) in [7, 11) is 0. The van der Waals surface area contributed by atoms with Crippen molar-refractivity contribution in [1.29, 1.82) is 0 Å². The summed E-state index contributed by atoms with van der Waals surface area (Å²) in [4.78, 5) is 11.7. The number of hydrogen-bond acceptors (Lipinski definition) is 3. The van der Waals surface area contributed by atoms with Gasteiger partial charge in [-0.1, -0.05) is 23.2 Å². The average Bonchev–Trinajstić information content (AvgIpc) is 2.28. The van der Waals surface area contributed by atoms with Crippen LogP contribution < -0.4 is 5.32 Å². The SMILES string of the molecule is O=C(Nc1cc(F)cc(Cl)c1)c1ccc(Cl)nn1. The molecule has 0 saturated carbocycles. The molecule has 0 fully saturated rings. The van der Waals surface area contributed by atoms with E-state index in [4.69, 9.17) is 23.2 Å². The van der Waals surface area contributed by atoms with Gasteiger partial charge in [-0.15, -0.1) is 10.2 Å². The standard InChI is InChI=1S/C11H6Cl2FN3O/c12-6-3-7(14)5-8(4-6)15-11(18)9-1-2-10(13)17-16-9/h1-5H,(H,15,18). The number of aromatic nitrogens is 2. The minimum absolute atomic E-state index is 0.0692. The lowest BCUT2D eigenvalue weighted by Crippen LogP contribution is -2.14. The molecular weight excluding hydrogens is 280 g/mol. The zero-order valence-electron chi connectivity index (χ0n) is 8.82. The van der Waals surface area contributed by atoms with Crippen LogP contribution in [0.4, 0.5) is 10.1 Å². The van der Waals surface area contributed by atoms with Crippen LogP contribution in [-0.2, 0) is 0 Å². The minimum Gasteiger partial charge on any atom is -0.320 e. The molecular formula is C11H6Cl2FN3O. The Morgan fingerprint density at radius 1 is 1.17 bits per heavy atom. The first-order valence-corrected chi connectivity index (χ1v) is 5.57. The van der Waals surface area contributed by atoms with E-state index in [1.54, 1.807) is 0 Å². The maximum absolute atomic E-state index is 13.1. The summed E-state index contributed by atoms with van der Waals surface area (Å²) in [6.45, 7) is 0. The van der Waals surface area contributed by atoms with Crippen molar-refractivity contribution in [2.75, 3.05) is 5.32 Å². The lowest BCUT2D eigenvalue weighted by atomic mass is 10.3. The molecule has 0 aliphatic heterocycles. The third-order valence-corrected chi connectivity index (χ3v) is 2.40. The number of amides is 1. The van der Waals surface area contributed by atoms with Gasteiger partial charge < -0.3 is 5.32 Å². The second-order valence-electron chi connectivity index (χ2n) is 3.35. The van der Waals surface area contributed by atoms with E-state index in [1.165, 1.54) is 18.2 Å². The second kappa shape index (κ2) is 5.29. The Morgan fingerprint density at radius 2 is 1.94 bits per heavy atom. The number of hydrogen-bond donors (Lipinski definition) is 1. The third-order valence-electron chi connectivity index (χ3n) is 1.99. The summed E-state index contributed by atoms with van der Waals surface area (Å²) in [5.41, 5.74) is 0.307. The van der Waals surface area contributed by atoms with Gasteiger partial charge >= 0.3 is 0 Å². The van der Waals surface area contributed by atoms with Crippen molar-refractivity contribution in [1.82, 2.24) is 10.2 Å². The van der Waals surface area contributed by atoms with Gasteiger partial charge in [0.1, 0.15) is 5.82 Å². The highest BCUT2D eigenvalue weighted by atomic mass is 35.5. The molecule has 1 N–H and O–H groups in total. The van der Waals surface area contributed by atoms with E-state index >= 15 is 0 Å². The number of nitrogens with one attached hydrogen (secondary N) is 1. The van der Waals surface area contributed by atoms with Gasteiger partial charge in [0, 0.05) is 10.7 Å². The fourth-order valence-electron chi connectivity index (χ4n) is 1.26. The fraction of sp³-hybridized carbons (Fsp3) is 0. The van der Waals surface area contributed by atoms with Gasteiger partial charge in [-0.25, -0.2) is 4.39 Å². The minimum atomic E-state index is -0.542. The smallest absolute Gasteiger partial charge is 0.276 e. The van der Waals surface area contributed by atoms with E-state index in [2.05, 4.69) is 15.5 Å². The van der Waals surface area contributed by atoms with Crippen LogP contribution in [-0.4, -0.2) is 16.1 Å². The van der Waals surface area contributed by atoms with Crippen molar-refractivity contribution >= 4 is 34.8 Å². The average molecular weight is 286 g/mol.